The van der Waals surface area contributed by atoms with Crippen molar-refractivity contribution in [2.45, 2.75) is 39.8 Å². The number of ether oxygens (including phenoxy) is 1. The largest absolute Gasteiger partial charge is 0.488 e. The SMILES string of the molecule is CCCc1nc2cnccc2n1Cc1ccc2c(c1)COc1cc(F)ccc1C2=C(C)C#N. The normalized spacial score (nSPS) is 14.1. The number of pyridine rings is 1. The van der Waals surface area contributed by atoms with Gasteiger partial charge < -0.3 is 9.30 Å². The zero-order chi connectivity index (χ0) is 22.9. The summed E-state index contributed by atoms with van der Waals surface area (Å²) in [6.07, 6.45) is 5.48. The summed E-state index contributed by atoms with van der Waals surface area (Å²) in [5, 5.41) is 9.65. The van der Waals surface area contributed by atoms with Crippen molar-refractivity contribution < 1.29 is 9.13 Å². The highest BCUT2D eigenvalue weighted by molar-refractivity contribution is 5.88. The molecule has 0 aliphatic carbocycles. The minimum Gasteiger partial charge on any atom is -0.488 e. The Kier molecular flexibility index (Phi) is 5.39. The number of benzene rings is 2. The van der Waals surface area contributed by atoms with Crippen LogP contribution in [0.15, 0.2) is 60.4 Å². The fraction of sp³-hybridized carbons (Fsp3) is 0.222. The number of rotatable bonds is 4. The average molecular weight is 439 g/mol. The van der Waals surface area contributed by atoms with E-state index in [9.17, 15) is 9.65 Å². The minimum absolute atomic E-state index is 0.304. The molecule has 1 aliphatic heterocycles. The highest BCUT2D eigenvalue weighted by atomic mass is 19.1. The van der Waals surface area contributed by atoms with Crippen LogP contribution in [0.2, 0.25) is 0 Å². The number of aryl methyl sites for hydroxylation is 1. The quantitative estimate of drug-likeness (QED) is 0.377. The highest BCUT2D eigenvalue weighted by Crippen LogP contribution is 2.39. The predicted molar refractivity (Wildman–Crippen MR) is 125 cm³/mol. The van der Waals surface area contributed by atoms with Crippen molar-refractivity contribution in [3.05, 3.63) is 94.3 Å². The fourth-order valence-electron chi connectivity index (χ4n) is 4.50. The van der Waals surface area contributed by atoms with E-state index < -0.39 is 0 Å². The Morgan fingerprint density at radius 3 is 2.85 bits per heavy atom. The van der Waals surface area contributed by atoms with Gasteiger partial charge in [-0.2, -0.15) is 5.26 Å². The van der Waals surface area contributed by atoms with E-state index in [0.717, 1.165) is 57.5 Å². The van der Waals surface area contributed by atoms with Crippen molar-refractivity contribution in [1.82, 2.24) is 14.5 Å². The van der Waals surface area contributed by atoms with Crippen LogP contribution in [0.5, 0.6) is 5.75 Å². The van der Waals surface area contributed by atoms with Crippen LogP contribution in [0.1, 0.15) is 48.3 Å². The first kappa shape index (κ1) is 20.9. The van der Waals surface area contributed by atoms with E-state index in [-0.39, 0.29) is 5.82 Å². The molecular formula is C27H23FN4O. The predicted octanol–water partition coefficient (Wildman–Crippen LogP) is 5.81. The van der Waals surface area contributed by atoms with Crippen molar-refractivity contribution in [1.29, 1.82) is 5.26 Å². The molecule has 0 radical (unpaired) electrons. The van der Waals surface area contributed by atoms with Gasteiger partial charge in [-0.15, -0.1) is 0 Å². The van der Waals surface area contributed by atoms with Crippen LogP contribution in [0.25, 0.3) is 16.6 Å². The maximum atomic E-state index is 13.9. The molecule has 6 heteroatoms. The zero-order valence-corrected chi connectivity index (χ0v) is 18.6. The molecule has 1 aliphatic rings. The zero-order valence-electron chi connectivity index (χ0n) is 18.6. The third kappa shape index (κ3) is 3.76. The van der Waals surface area contributed by atoms with Gasteiger partial charge in [-0.25, -0.2) is 9.37 Å². The summed E-state index contributed by atoms with van der Waals surface area (Å²) in [5.74, 6) is 1.13. The van der Waals surface area contributed by atoms with Gasteiger partial charge in [0.2, 0.25) is 0 Å². The van der Waals surface area contributed by atoms with Crippen molar-refractivity contribution in [2.24, 2.45) is 0 Å². The Hall–Kier alpha value is -3.98. The first-order valence-electron chi connectivity index (χ1n) is 11.0. The van der Waals surface area contributed by atoms with E-state index in [0.29, 0.717) is 24.5 Å². The number of nitriles is 1. The van der Waals surface area contributed by atoms with E-state index in [4.69, 9.17) is 9.72 Å². The standard InChI is InChI=1S/C27H23FN4O/c1-3-4-26-31-23-14-30-10-9-24(23)32(26)15-18-5-7-21-19(11-18)16-33-25-12-20(28)6-8-22(25)27(21)17(2)13-29/h5-12,14H,3-4,15-16H2,1-2H3. The topological polar surface area (TPSA) is 63.7 Å². The summed E-state index contributed by atoms with van der Waals surface area (Å²) in [4.78, 5) is 8.99. The van der Waals surface area contributed by atoms with Gasteiger partial charge in [-0.1, -0.05) is 19.1 Å². The molecule has 0 saturated heterocycles. The number of aromatic nitrogens is 3. The lowest BCUT2D eigenvalue weighted by molar-refractivity contribution is 0.305. The van der Waals surface area contributed by atoms with Gasteiger partial charge in [0.25, 0.3) is 0 Å². The van der Waals surface area contributed by atoms with Crippen LogP contribution < -0.4 is 4.74 Å². The Morgan fingerprint density at radius 2 is 2.03 bits per heavy atom. The van der Waals surface area contributed by atoms with Crippen LogP contribution in [0.4, 0.5) is 4.39 Å². The average Bonchev–Trinajstić information content (AvgIpc) is 3.07. The lowest BCUT2D eigenvalue weighted by Crippen LogP contribution is -2.06. The van der Waals surface area contributed by atoms with Crippen molar-refractivity contribution in [2.75, 3.05) is 0 Å². The number of imidazole rings is 1. The van der Waals surface area contributed by atoms with Crippen molar-refractivity contribution in [3.63, 3.8) is 0 Å². The Morgan fingerprint density at radius 1 is 1.18 bits per heavy atom. The summed E-state index contributed by atoms with van der Waals surface area (Å²) in [7, 11) is 0. The Balaban J connectivity index is 1.60. The van der Waals surface area contributed by atoms with Gasteiger partial charge >= 0.3 is 0 Å². The fourth-order valence-corrected chi connectivity index (χ4v) is 4.50. The van der Waals surface area contributed by atoms with Crippen LogP contribution >= 0.6 is 0 Å². The molecule has 0 saturated carbocycles. The van der Waals surface area contributed by atoms with Crippen molar-refractivity contribution in [3.8, 4) is 11.8 Å². The maximum absolute atomic E-state index is 13.9. The van der Waals surface area contributed by atoms with Gasteiger partial charge in [-0.05, 0) is 54.3 Å². The second kappa shape index (κ2) is 8.51. The summed E-state index contributed by atoms with van der Waals surface area (Å²) < 4.78 is 22.1. The molecule has 3 heterocycles. The molecule has 33 heavy (non-hydrogen) atoms. The van der Waals surface area contributed by atoms with E-state index in [1.807, 2.05) is 12.1 Å². The van der Waals surface area contributed by atoms with Gasteiger partial charge in [0, 0.05) is 41.9 Å². The molecule has 0 bridgehead atoms. The Bertz CT molecular complexity index is 1440. The van der Waals surface area contributed by atoms with Crippen LogP contribution in [-0.2, 0) is 19.6 Å². The highest BCUT2D eigenvalue weighted by Gasteiger charge is 2.22. The smallest absolute Gasteiger partial charge is 0.130 e. The van der Waals surface area contributed by atoms with Gasteiger partial charge in [0.1, 0.15) is 29.5 Å². The van der Waals surface area contributed by atoms with E-state index in [1.54, 1.807) is 25.4 Å². The second-order valence-electron chi connectivity index (χ2n) is 8.26. The third-order valence-electron chi connectivity index (χ3n) is 6.02. The molecule has 0 spiro atoms. The van der Waals surface area contributed by atoms with Gasteiger partial charge in [-0.3, -0.25) is 4.98 Å². The molecule has 164 valence electrons. The molecule has 0 amide bonds. The summed E-state index contributed by atoms with van der Waals surface area (Å²) in [6.45, 7) is 4.90. The lowest BCUT2D eigenvalue weighted by atomic mass is 9.90. The summed E-state index contributed by atoms with van der Waals surface area (Å²) in [6, 6.07) is 15.0. The molecule has 5 nitrogen and oxygen atoms in total. The molecular weight excluding hydrogens is 415 g/mol. The second-order valence-corrected chi connectivity index (χ2v) is 8.26. The molecule has 0 atom stereocenters. The maximum Gasteiger partial charge on any atom is 0.130 e. The van der Waals surface area contributed by atoms with E-state index in [1.165, 1.54) is 12.1 Å². The molecule has 2 aromatic heterocycles. The lowest BCUT2D eigenvalue weighted by Gasteiger charge is -2.14. The first-order chi connectivity index (χ1) is 16.1. The van der Waals surface area contributed by atoms with Gasteiger partial charge in [0.15, 0.2) is 0 Å². The number of fused-ring (bicyclic) bond motifs is 3. The molecule has 2 aromatic carbocycles. The van der Waals surface area contributed by atoms with Crippen molar-refractivity contribution >= 4 is 16.6 Å². The first-order valence-corrected chi connectivity index (χ1v) is 11.0. The van der Waals surface area contributed by atoms with Gasteiger partial charge in [0.05, 0.1) is 17.8 Å². The number of hydrogen-bond acceptors (Lipinski definition) is 4. The summed E-state index contributed by atoms with van der Waals surface area (Å²) in [5.41, 5.74) is 7.07. The number of allylic oxidation sites excluding steroid dienone is 1. The molecule has 0 fully saturated rings. The summed E-state index contributed by atoms with van der Waals surface area (Å²) >= 11 is 0. The third-order valence-corrected chi connectivity index (χ3v) is 6.02. The van der Waals surface area contributed by atoms with Crippen LogP contribution in [0.3, 0.4) is 0 Å². The Labute approximate surface area is 191 Å². The molecule has 0 unspecified atom stereocenters. The monoisotopic (exact) mass is 438 g/mol. The van der Waals surface area contributed by atoms with Crippen LogP contribution in [-0.4, -0.2) is 14.5 Å². The molecule has 5 rings (SSSR count). The minimum atomic E-state index is -0.362. The number of halogens is 1. The van der Waals surface area contributed by atoms with E-state index in [2.05, 4.69) is 34.7 Å². The number of hydrogen-bond donors (Lipinski definition) is 0. The number of nitrogens with zero attached hydrogens (tertiary/aromatic N) is 4. The molecule has 0 N–H and O–H groups in total. The van der Waals surface area contributed by atoms with Crippen LogP contribution in [0, 0.1) is 17.1 Å². The van der Waals surface area contributed by atoms with E-state index >= 15 is 0 Å². The molecule has 4 aromatic rings.